The molecule has 126 valence electrons. The van der Waals surface area contributed by atoms with Crippen LogP contribution in [0.4, 0.5) is 0 Å². The minimum absolute atomic E-state index is 0.0238. The Kier molecular flexibility index (Phi) is 6.51. The summed E-state index contributed by atoms with van der Waals surface area (Å²) in [5, 5.41) is 0.0238. The average molecular weight is 387 g/mol. The summed E-state index contributed by atoms with van der Waals surface area (Å²) in [5.74, 6) is 0.520. The third-order valence-corrected chi connectivity index (χ3v) is 6.81. The SMILES string of the molecule is O=C(OC(CC1CCCCC1)[Se]c1ccccc1)c1ccccc1. The van der Waals surface area contributed by atoms with Crippen molar-refractivity contribution in [3.05, 3.63) is 66.2 Å². The second kappa shape index (κ2) is 9.05. The molecule has 2 aromatic carbocycles. The van der Waals surface area contributed by atoms with Gasteiger partial charge in [0.15, 0.2) is 0 Å². The zero-order chi connectivity index (χ0) is 16.6. The Labute approximate surface area is 150 Å². The molecule has 1 saturated carbocycles. The number of carbonyl (C=O) groups is 1. The van der Waals surface area contributed by atoms with Crippen LogP contribution in [0.25, 0.3) is 0 Å². The fourth-order valence-corrected chi connectivity index (χ4v) is 5.58. The molecule has 0 heterocycles. The summed E-state index contributed by atoms with van der Waals surface area (Å²) >= 11 is 0.156. The quantitative estimate of drug-likeness (QED) is 0.549. The molecule has 3 rings (SSSR count). The number of rotatable bonds is 6. The fourth-order valence-electron chi connectivity index (χ4n) is 3.23. The zero-order valence-corrected chi connectivity index (χ0v) is 15.6. The van der Waals surface area contributed by atoms with Crippen LogP contribution in [0.5, 0.6) is 0 Å². The van der Waals surface area contributed by atoms with Gasteiger partial charge < -0.3 is 0 Å². The zero-order valence-electron chi connectivity index (χ0n) is 13.9. The number of benzene rings is 2. The van der Waals surface area contributed by atoms with Crippen LogP contribution in [0.1, 0.15) is 48.9 Å². The third kappa shape index (κ3) is 5.22. The third-order valence-electron chi connectivity index (χ3n) is 4.51. The van der Waals surface area contributed by atoms with Crippen LogP contribution in [0.3, 0.4) is 0 Å². The topological polar surface area (TPSA) is 26.3 Å². The minimum atomic E-state index is -0.186. The first-order chi connectivity index (χ1) is 11.8. The number of hydrogen-bond donors (Lipinski definition) is 0. The molecule has 2 nitrogen and oxygen atoms in total. The molecule has 1 aliphatic carbocycles. The van der Waals surface area contributed by atoms with Gasteiger partial charge in [0.25, 0.3) is 0 Å². The summed E-state index contributed by atoms with van der Waals surface area (Å²) in [6.45, 7) is 0. The molecule has 0 amide bonds. The van der Waals surface area contributed by atoms with E-state index in [0.29, 0.717) is 11.5 Å². The molecule has 1 unspecified atom stereocenters. The van der Waals surface area contributed by atoms with Crippen molar-refractivity contribution in [2.24, 2.45) is 5.92 Å². The summed E-state index contributed by atoms with van der Waals surface area (Å²) in [5.41, 5.74) is 0.648. The number of esters is 1. The summed E-state index contributed by atoms with van der Waals surface area (Å²) in [7, 11) is 0. The van der Waals surface area contributed by atoms with Gasteiger partial charge in [-0.2, -0.15) is 0 Å². The number of ether oxygens (including phenoxy) is 1. The van der Waals surface area contributed by atoms with Gasteiger partial charge in [0.2, 0.25) is 0 Å². The van der Waals surface area contributed by atoms with Crippen molar-refractivity contribution in [2.75, 3.05) is 0 Å². The van der Waals surface area contributed by atoms with Crippen molar-refractivity contribution in [3.63, 3.8) is 0 Å². The predicted octanol–water partition coefficient (Wildman–Crippen LogP) is 4.17. The average Bonchev–Trinajstić information content (AvgIpc) is 2.64. The summed E-state index contributed by atoms with van der Waals surface area (Å²) in [6.07, 6.45) is 7.57. The Hall–Kier alpha value is -1.57. The molecule has 1 atom stereocenters. The molecular weight excluding hydrogens is 363 g/mol. The predicted molar refractivity (Wildman–Crippen MR) is 98.7 cm³/mol. The van der Waals surface area contributed by atoms with Crippen molar-refractivity contribution in [3.8, 4) is 0 Å². The molecule has 2 aromatic rings. The Bertz CT molecular complexity index is 621. The Morgan fingerprint density at radius 1 is 0.958 bits per heavy atom. The van der Waals surface area contributed by atoms with E-state index in [1.54, 1.807) is 0 Å². The molecule has 0 bridgehead atoms. The van der Waals surface area contributed by atoms with Crippen molar-refractivity contribution in [1.29, 1.82) is 0 Å². The number of carbonyl (C=O) groups excluding carboxylic acids is 1. The van der Waals surface area contributed by atoms with E-state index in [4.69, 9.17) is 4.74 Å². The van der Waals surface area contributed by atoms with Gasteiger partial charge >= 0.3 is 151 Å². The molecule has 1 aliphatic rings. The van der Waals surface area contributed by atoms with Crippen LogP contribution in [0, 0.1) is 5.92 Å². The van der Waals surface area contributed by atoms with E-state index in [-0.39, 0.29) is 25.9 Å². The monoisotopic (exact) mass is 388 g/mol. The molecule has 0 N–H and O–H groups in total. The Morgan fingerprint density at radius 3 is 2.25 bits per heavy atom. The number of hydrogen-bond acceptors (Lipinski definition) is 2. The van der Waals surface area contributed by atoms with Gasteiger partial charge in [-0.05, 0) is 0 Å². The second-order valence-electron chi connectivity index (χ2n) is 6.37. The summed E-state index contributed by atoms with van der Waals surface area (Å²) in [4.78, 5) is 12.5. The molecule has 24 heavy (non-hydrogen) atoms. The second-order valence-corrected chi connectivity index (χ2v) is 8.96. The first-order valence-electron chi connectivity index (χ1n) is 8.79. The van der Waals surface area contributed by atoms with E-state index < -0.39 is 0 Å². The van der Waals surface area contributed by atoms with E-state index in [2.05, 4.69) is 24.3 Å². The van der Waals surface area contributed by atoms with Crippen LogP contribution in [0.15, 0.2) is 60.7 Å². The molecule has 1 fully saturated rings. The normalized spacial score (nSPS) is 16.5. The molecule has 0 aliphatic heterocycles. The van der Waals surface area contributed by atoms with Crippen LogP contribution >= 0.6 is 0 Å². The molecule has 0 aromatic heterocycles. The van der Waals surface area contributed by atoms with Crippen LogP contribution in [-0.2, 0) is 4.74 Å². The van der Waals surface area contributed by atoms with Gasteiger partial charge in [-0.1, -0.05) is 0 Å². The van der Waals surface area contributed by atoms with Crippen molar-refractivity contribution in [2.45, 2.75) is 43.5 Å². The maximum atomic E-state index is 12.5. The van der Waals surface area contributed by atoms with Crippen LogP contribution < -0.4 is 4.46 Å². The van der Waals surface area contributed by atoms with Crippen LogP contribution in [0.2, 0.25) is 0 Å². The maximum absolute atomic E-state index is 12.5. The van der Waals surface area contributed by atoms with Gasteiger partial charge in [0.05, 0.1) is 0 Å². The van der Waals surface area contributed by atoms with Crippen molar-refractivity contribution >= 4 is 25.4 Å². The standard InChI is InChI=1S/C21H24O2Se/c22-21(18-12-6-2-7-13-18)23-20(16-17-10-4-1-5-11-17)24-19-14-8-3-9-15-19/h2-3,6-9,12-15,17,20H,1,4-5,10-11,16H2. The first-order valence-corrected chi connectivity index (χ1v) is 10.6. The van der Waals surface area contributed by atoms with E-state index in [0.717, 1.165) is 6.42 Å². The molecule has 3 heteroatoms. The molecule has 0 saturated heterocycles. The first kappa shape index (κ1) is 17.3. The van der Waals surface area contributed by atoms with E-state index in [1.807, 2.05) is 36.4 Å². The van der Waals surface area contributed by atoms with E-state index >= 15 is 0 Å². The van der Waals surface area contributed by atoms with Gasteiger partial charge in [-0.3, -0.25) is 0 Å². The fraction of sp³-hybridized carbons (Fsp3) is 0.381. The Morgan fingerprint density at radius 2 is 1.58 bits per heavy atom. The van der Waals surface area contributed by atoms with Crippen LogP contribution in [-0.4, -0.2) is 25.9 Å². The van der Waals surface area contributed by atoms with Gasteiger partial charge in [-0.15, -0.1) is 0 Å². The van der Waals surface area contributed by atoms with Crippen molar-refractivity contribution < 1.29 is 9.53 Å². The van der Waals surface area contributed by atoms with Gasteiger partial charge in [-0.25, -0.2) is 0 Å². The Balaban J connectivity index is 1.67. The van der Waals surface area contributed by atoms with E-state index in [9.17, 15) is 4.79 Å². The van der Waals surface area contributed by atoms with Gasteiger partial charge in [0.1, 0.15) is 0 Å². The molecule has 0 radical (unpaired) electrons. The molecule has 0 spiro atoms. The van der Waals surface area contributed by atoms with Crippen molar-refractivity contribution in [1.82, 2.24) is 0 Å². The summed E-state index contributed by atoms with van der Waals surface area (Å²) < 4.78 is 7.23. The van der Waals surface area contributed by atoms with E-state index in [1.165, 1.54) is 36.6 Å². The van der Waals surface area contributed by atoms with Gasteiger partial charge in [0, 0.05) is 0 Å². The summed E-state index contributed by atoms with van der Waals surface area (Å²) in [6, 6.07) is 19.8. The molecular formula is C21H24O2Se.